The van der Waals surface area contributed by atoms with Crippen LogP contribution in [-0.4, -0.2) is 13.0 Å². The summed E-state index contributed by atoms with van der Waals surface area (Å²) < 4.78 is 40.4. The second-order valence-corrected chi connectivity index (χ2v) is 7.50. The number of halogens is 1. The molecule has 6 heteroatoms. The molecule has 0 N–H and O–H groups in total. The molecular formula is C18H16FNO3S. The van der Waals surface area contributed by atoms with Crippen LogP contribution in [-0.2, 0) is 16.4 Å². The lowest BCUT2D eigenvalue weighted by molar-refractivity contribution is 0.592. The number of aromatic nitrogens is 1. The largest absolute Gasteiger partial charge is 0.346 e. The van der Waals surface area contributed by atoms with Crippen LogP contribution in [0, 0.1) is 12.7 Å². The fourth-order valence-corrected chi connectivity index (χ4v) is 4.05. The van der Waals surface area contributed by atoms with Crippen LogP contribution in [0.5, 0.6) is 0 Å². The minimum atomic E-state index is -4.02. The third-order valence-electron chi connectivity index (χ3n) is 3.96. The predicted molar refractivity (Wildman–Crippen MR) is 90.5 cm³/mol. The van der Waals surface area contributed by atoms with Crippen LogP contribution in [0.3, 0.4) is 0 Å². The smallest absolute Gasteiger partial charge is 0.211 e. The zero-order valence-corrected chi connectivity index (χ0v) is 14.1. The number of nitrogens with zero attached hydrogens (tertiary/aromatic N) is 1. The summed E-state index contributed by atoms with van der Waals surface area (Å²) in [6, 6.07) is 9.84. The third-order valence-corrected chi connectivity index (χ3v) is 5.72. The minimum absolute atomic E-state index is 0.101. The molecule has 24 heavy (non-hydrogen) atoms. The highest BCUT2D eigenvalue weighted by Crippen LogP contribution is 2.22. The molecular weight excluding hydrogens is 329 g/mol. The molecule has 0 spiro atoms. The highest BCUT2D eigenvalue weighted by atomic mass is 32.2. The molecule has 0 amide bonds. The molecule has 124 valence electrons. The lowest BCUT2D eigenvalue weighted by Crippen LogP contribution is -2.19. The lowest BCUT2D eigenvalue weighted by Gasteiger charge is -2.12. The predicted octanol–water partition coefficient (Wildman–Crippen LogP) is 3.30. The van der Waals surface area contributed by atoms with Crippen LogP contribution in [0.2, 0.25) is 0 Å². The van der Waals surface area contributed by atoms with E-state index >= 15 is 0 Å². The molecule has 0 radical (unpaired) electrons. The van der Waals surface area contributed by atoms with Crippen LogP contribution in [0.1, 0.15) is 12.5 Å². The van der Waals surface area contributed by atoms with E-state index in [0.29, 0.717) is 17.4 Å². The van der Waals surface area contributed by atoms with Gasteiger partial charge in [0.05, 0.1) is 10.4 Å². The Morgan fingerprint density at radius 2 is 1.75 bits per heavy atom. The Morgan fingerprint density at radius 1 is 1.08 bits per heavy atom. The summed E-state index contributed by atoms with van der Waals surface area (Å²) in [6.07, 6.45) is 1.36. The molecule has 3 rings (SSSR count). The van der Waals surface area contributed by atoms with Crippen molar-refractivity contribution in [2.45, 2.75) is 30.2 Å². The average Bonchev–Trinajstić information content (AvgIpc) is 2.56. The maximum absolute atomic E-state index is 13.1. The molecule has 0 aliphatic carbocycles. The fourth-order valence-electron chi connectivity index (χ4n) is 2.68. The Labute approximate surface area is 139 Å². The van der Waals surface area contributed by atoms with E-state index in [1.54, 1.807) is 10.6 Å². The van der Waals surface area contributed by atoms with Gasteiger partial charge in [0.15, 0.2) is 0 Å². The minimum Gasteiger partial charge on any atom is -0.346 e. The molecule has 0 atom stereocenters. The van der Waals surface area contributed by atoms with Gasteiger partial charge in [-0.2, -0.15) is 0 Å². The summed E-state index contributed by atoms with van der Waals surface area (Å²) in [5.74, 6) is -0.533. The normalized spacial score (nSPS) is 11.8. The first-order chi connectivity index (χ1) is 11.3. The molecule has 0 fully saturated rings. The van der Waals surface area contributed by atoms with Crippen LogP contribution in [0.25, 0.3) is 10.9 Å². The van der Waals surface area contributed by atoms with E-state index < -0.39 is 21.1 Å². The molecule has 1 heterocycles. The monoisotopic (exact) mass is 345 g/mol. The van der Waals surface area contributed by atoms with Gasteiger partial charge in [0.25, 0.3) is 0 Å². The van der Waals surface area contributed by atoms with Crippen LogP contribution in [0.15, 0.2) is 63.2 Å². The van der Waals surface area contributed by atoms with E-state index in [9.17, 15) is 17.6 Å². The SMILES string of the molecule is CCn1cc(S(=O)(=O)c2ccc(F)cc2)c(=O)c2cc(C)ccc21. The van der Waals surface area contributed by atoms with Gasteiger partial charge in [0, 0.05) is 18.1 Å². The summed E-state index contributed by atoms with van der Waals surface area (Å²) in [6.45, 7) is 4.24. The maximum Gasteiger partial charge on any atom is 0.211 e. The summed E-state index contributed by atoms with van der Waals surface area (Å²) >= 11 is 0. The number of benzene rings is 2. The van der Waals surface area contributed by atoms with Gasteiger partial charge in [-0.3, -0.25) is 4.79 Å². The lowest BCUT2D eigenvalue weighted by atomic mass is 10.1. The number of pyridine rings is 1. The number of sulfone groups is 1. The third kappa shape index (κ3) is 2.63. The summed E-state index contributed by atoms with van der Waals surface area (Å²) in [5, 5.41) is 0.361. The summed E-state index contributed by atoms with van der Waals surface area (Å²) in [5.41, 5.74) is 1.02. The van der Waals surface area contributed by atoms with Crippen molar-refractivity contribution in [2.24, 2.45) is 0 Å². The van der Waals surface area contributed by atoms with Crippen molar-refractivity contribution in [1.29, 1.82) is 0 Å². The molecule has 0 saturated heterocycles. The molecule has 4 nitrogen and oxygen atoms in total. The van der Waals surface area contributed by atoms with Crippen molar-refractivity contribution in [3.05, 3.63) is 70.3 Å². The van der Waals surface area contributed by atoms with E-state index in [2.05, 4.69) is 0 Å². The Morgan fingerprint density at radius 3 is 2.38 bits per heavy atom. The van der Waals surface area contributed by atoms with E-state index in [1.165, 1.54) is 18.3 Å². The molecule has 2 aromatic carbocycles. The Kier molecular flexibility index (Phi) is 4.01. The fraction of sp³-hybridized carbons (Fsp3) is 0.167. The highest BCUT2D eigenvalue weighted by Gasteiger charge is 2.23. The summed E-state index contributed by atoms with van der Waals surface area (Å²) in [7, 11) is -4.02. The van der Waals surface area contributed by atoms with Gasteiger partial charge in [-0.15, -0.1) is 0 Å². The van der Waals surface area contributed by atoms with Gasteiger partial charge in [0.2, 0.25) is 15.3 Å². The molecule has 0 aliphatic rings. The number of aryl methyl sites for hydroxylation is 2. The standard InChI is InChI=1S/C18H16FNO3S/c1-3-20-11-17(18(21)15-10-12(2)4-9-16(15)20)24(22,23)14-7-5-13(19)6-8-14/h4-11H,3H2,1-2H3. The zero-order chi connectivity index (χ0) is 17.5. The maximum atomic E-state index is 13.1. The Balaban J connectivity index is 2.35. The quantitative estimate of drug-likeness (QED) is 0.685. The van der Waals surface area contributed by atoms with Gasteiger partial charge >= 0.3 is 0 Å². The molecule has 0 unspecified atom stereocenters. The molecule has 0 saturated carbocycles. The van der Waals surface area contributed by atoms with Crippen LogP contribution >= 0.6 is 0 Å². The zero-order valence-electron chi connectivity index (χ0n) is 13.3. The molecule has 3 aromatic rings. The van der Waals surface area contributed by atoms with Gasteiger partial charge in [0.1, 0.15) is 10.7 Å². The average molecular weight is 345 g/mol. The van der Waals surface area contributed by atoms with Crippen LogP contribution < -0.4 is 5.43 Å². The number of fused-ring (bicyclic) bond motifs is 1. The first kappa shape index (κ1) is 16.4. The van der Waals surface area contributed by atoms with Crippen molar-refractivity contribution in [3.63, 3.8) is 0 Å². The van der Waals surface area contributed by atoms with E-state index in [0.717, 1.165) is 17.7 Å². The number of hydrogen-bond donors (Lipinski definition) is 0. The van der Waals surface area contributed by atoms with Gasteiger partial charge in [-0.05, 0) is 50.2 Å². The van der Waals surface area contributed by atoms with E-state index in [4.69, 9.17) is 0 Å². The molecule has 0 bridgehead atoms. The van der Waals surface area contributed by atoms with E-state index in [1.807, 2.05) is 26.0 Å². The van der Waals surface area contributed by atoms with Crippen molar-refractivity contribution < 1.29 is 12.8 Å². The Hall–Kier alpha value is -2.47. The van der Waals surface area contributed by atoms with Gasteiger partial charge < -0.3 is 4.57 Å². The van der Waals surface area contributed by atoms with Gasteiger partial charge in [-0.1, -0.05) is 11.6 Å². The molecule has 1 aromatic heterocycles. The summed E-state index contributed by atoms with van der Waals surface area (Å²) in [4.78, 5) is 12.4. The first-order valence-corrected chi connectivity index (χ1v) is 8.97. The second-order valence-electron chi connectivity index (χ2n) is 5.59. The topological polar surface area (TPSA) is 56.1 Å². The number of rotatable bonds is 3. The van der Waals surface area contributed by atoms with Crippen molar-refractivity contribution in [3.8, 4) is 0 Å². The van der Waals surface area contributed by atoms with Gasteiger partial charge in [-0.25, -0.2) is 12.8 Å². The molecule has 0 aliphatic heterocycles. The van der Waals surface area contributed by atoms with Crippen molar-refractivity contribution in [1.82, 2.24) is 4.57 Å². The van der Waals surface area contributed by atoms with Crippen molar-refractivity contribution in [2.75, 3.05) is 0 Å². The number of hydrogen-bond acceptors (Lipinski definition) is 3. The van der Waals surface area contributed by atoms with Crippen molar-refractivity contribution >= 4 is 20.7 Å². The van der Waals surface area contributed by atoms with Crippen LogP contribution in [0.4, 0.5) is 4.39 Å². The van der Waals surface area contributed by atoms with E-state index in [-0.39, 0.29) is 9.79 Å². The Bertz CT molecular complexity index is 1080. The highest BCUT2D eigenvalue weighted by molar-refractivity contribution is 7.91. The first-order valence-electron chi connectivity index (χ1n) is 7.49. The second kappa shape index (κ2) is 5.87.